The van der Waals surface area contributed by atoms with E-state index < -0.39 is 0 Å². The molecule has 1 aromatic heterocycles. The Kier molecular flexibility index (Phi) is 3.39. The summed E-state index contributed by atoms with van der Waals surface area (Å²) < 4.78 is 0. The van der Waals surface area contributed by atoms with Crippen molar-refractivity contribution < 1.29 is 0 Å². The van der Waals surface area contributed by atoms with E-state index in [0.717, 1.165) is 12.6 Å². The van der Waals surface area contributed by atoms with Gasteiger partial charge in [0.05, 0.1) is 0 Å². The summed E-state index contributed by atoms with van der Waals surface area (Å²) in [5.74, 6) is 1.23. The van der Waals surface area contributed by atoms with Crippen LogP contribution in [0.1, 0.15) is 49.8 Å². The van der Waals surface area contributed by atoms with Gasteiger partial charge in [-0.05, 0) is 63.0 Å². The predicted molar refractivity (Wildman–Crippen MR) is 82.3 cm³/mol. The van der Waals surface area contributed by atoms with Crippen LogP contribution in [0.4, 0.5) is 5.82 Å². The average Bonchev–Trinajstić information content (AvgIpc) is 3.20. The Hall–Kier alpha value is -1.09. The SMILES string of the molecule is c1cc2c(nc1N1CCCCC1CNC1CC1)CCC2. The van der Waals surface area contributed by atoms with Crippen LogP contribution < -0.4 is 10.2 Å². The van der Waals surface area contributed by atoms with Crippen LogP contribution in [-0.2, 0) is 12.8 Å². The van der Waals surface area contributed by atoms with Gasteiger partial charge in [-0.15, -0.1) is 0 Å². The van der Waals surface area contributed by atoms with Crippen molar-refractivity contribution >= 4 is 5.82 Å². The van der Waals surface area contributed by atoms with Gasteiger partial charge in [-0.3, -0.25) is 0 Å². The second-order valence-corrected chi connectivity index (χ2v) is 6.65. The van der Waals surface area contributed by atoms with Crippen LogP contribution in [0.25, 0.3) is 0 Å². The molecular weight excluding hydrogens is 246 g/mol. The van der Waals surface area contributed by atoms with Crippen LogP contribution in [0.5, 0.6) is 0 Å². The fourth-order valence-corrected chi connectivity index (χ4v) is 3.67. The summed E-state index contributed by atoms with van der Waals surface area (Å²) in [5.41, 5.74) is 2.85. The number of hydrogen-bond donors (Lipinski definition) is 1. The molecule has 2 heterocycles. The number of aryl methyl sites for hydroxylation is 2. The van der Waals surface area contributed by atoms with Gasteiger partial charge in [0.1, 0.15) is 5.82 Å². The van der Waals surface area contributed by atoms with Gasteiger partial charge in [-0.1, -0.05) is 6.07 Å². The maximum absolute atomic E-state index is 4.97. The van der Waals surface area contributed by atoms with Crippen molar-refractivity contribution in [1.82, 2.24) is 10.3 Å². The van der Waals surface area contributed by atoms with Crippen LogP contribution in [0.2, 0.25) is 0 Å². The van der Waals surface area contributed by atoms with Gasteiger partial charge < -0.3 is 10.2 Å². The van der Waals surface area contributed by atoms with E-state index in [0.29, 0.717) is 6.04 Å². The molecule has 20 heavy (non-hydrogen) atoms. The number of piperidine rings is 1. The number of nitrogens with zero attached hydrogens (tertiary/aromatic N) is 2. The third-order valence-electron chi connectivity index (χ3n) is 5.05. The topological polar surface area (TPSA) is 28.2 Å². The zero-order valence-corrected chi connectivity index (χ0v) is 12.3. The molecule has 0 amide bonds. The first-order chi connectivity index (χ1) is 9.90. The van der Waals surface area contributed by atoms with Crippen LogP contribution in [0.15, 0.2) is 12.1 Å². The van der Waals surface area contributed by atoms with Crippen molar-refractivity contribution in [2.24, 2.45) is 0 Å². The summed E-state index contributed by atoms with van der Waals surface area (Å²) in [4.78, 5) is 7.54. The minimum Gasteiger partial charge on any atom is -0.352 e. The monoisotopic (exact) mass is 271 g/mol. The van der Waals surface area contributed by atoms with E-state index in [1.54, 1.807) is 0 Å². The van der Waals surface area contributed by atoms with Gasteiger partial charge in [0, 0.05) is 30.9 Å². The van der Waals surface area contributed by atoms with Gasteiger partial charge in [-0.25, -0.2) is 4.98 Å². The molecule has 1 unspecified atom stereocenters. The lowest BCUT2D eigenvalue weighted by molar-refractivity contribution is 0.431. The molecule has 0 spiro atoms. The van der Waals surface area contributed by atoms with Gasteiger partial charge in [-0.2, -0.15) is 0 Å². The lowest BCUT2D eigenvalue weighted by atomic mass is 10.0. The standard InChI is InChI=1S/C17H25N3/c1-2-11-20(15(5-1)12-18-14-8-9-14)17-10-7-13-4-3-6-16(13)19-17/h7,10,14-15,18H,1-6,8-9,11-12H2. The fraction of sp³-hybridized carbons (Fsp3) is 0.706. The first kappa shape index (κ1) is 12.6. The van der Waals surface area contributed by atoms with E-state index in [9.17, 15) is 0 Å². The van der Waals surface area contributed by atoms with Crippen LogP contribution in [0.3, 0.4) is 0 Å². The molecule has 3 aliphatic rings. The lowest BCUT2D eigenvalue weighted by Crippen LogP contribution is -2.46. The highest BCUT2D eigenvalue weighted by molar-refractivity contribution is 5.44. The molecule has 1 atom stereocenters. The zero-order chi connectivity index (χ0) is 13.4. The second-order valence-electron chi connectivity index (χ2n) is 6.65. The minimum atomic E-state index is 0.649. The largest absolute Gasteiger partial charge is 0.352 e. The normalized spacial score (nSPS) is 25.8. The average molecular weight is 271 g/mol. The molecule has 0 radical (unpaired) electrons. The van der Waals surface area contributed by atoms with E-state index in [1.165, 1.54) is 75.0 Å². The summed E-state index contributed by atoms with van der Waals surface area (Å²) in [5, 5.41) is 3.71. The third-order valence-corrected chi connectivity index (χ3v) is 5.05. The first-order valence-corrected chi connectivity index (χ1v) is 8.39. The van der Waals surface area contributed by atoms with Crippen molar-refractivity contribution in [2.75, 3.05) is 18.0 Å². The number of pyridine rings is 1. The van der Waals surface area contributed by atoms with Crippen molar-refractivity contribution in [2.45, 2.75) is 63.5 Å². The molecule has 1 N–H and O–H groups in total. The number of anilines is 1. The molecule has 2 aliphatic carbocycles. The van der Waals surface area contributed by atoms with E-state index >= 15 is 0 Å². The Morgan fingerprint density at radius 2 is 2.05 bits per heavy atom. The number of aromatic nitrogens is 1. The second kappa shape index (κ2) is 5.36. The maximum Gasteiger partial charge on any atom is 0.129 e. The Bertz CT molecular complexity index is 481. The molecular formula is C17H25N3. The molecule has 1 saturated carbocycles. The summed E-state index contributed by atoms with van der Waals surface area (Å²) in [7, 11) is 0. The van der Waals surface area contributed by atoms with Crippen molar-refractivity contribution in [3.63, 3.8) is 0 Å². The number of hydrogen-bond acceptors (Lipinski definition) is 3. The lowest BCUT2D eigenvalue weighted by Gasteiger charge is -2.37. The molecule has 0 aromatic carbocycles. The summed E-state index contributed by atoms with van der Waals surface area (Å²) in [6.45, 7) is 2.33. The van der Waals surface area contributed by atoms with Crippen LogP contribution in [0, 0.1) is 0 Å². The fourth-order valence-electron chi connectivity index (χ4n) is 3.67. The van der Waals surface area contributed by atoms with Gasteiger partial charge in [0.25, 0.3) is 0 Å². The molecule has 1 saturated heterocycles. The minimum absolute atomic E-state index is 0.649. The maximum atomic E-state index is 4.97. The van der Waals surface area contributed by atoms with Crippen LogP contribution >= 0.6 is 0 Å². The Morgan fingerprint density at radius 1 is 1.10 bits per heavy atom. The van der Waals surface area contributed by atoms with Gasteiger partial charge in [0.15, 0.2) is 0 Å². The van der Waals surface area contributed by atoms with E-state index in [2.05, 4.69) is 22.3 Å². The molecule has 1 aliphatic heterocycles. The molecule has 3 nitrogen and oxygen atoms in total. The molecule has 1 aromatic rings. The summed E-state index contributed by atoms with van der Waals surface area (Å²) in [6, 6.07) is 6.05. The summed E-state index contributed by atoms with van der Waals surface area (Å²) in [6.07, 6.45) is 10.5. The molecule has 2 fully saturated rings. The number of fused-ring (bicyclic) bond motifs is 1. The van der Waals surface area contributed by atoms with Gasteiger partial charge in [0.2, 0.25) is 0 Å². The Labute approximate surface area is 121 Å². The Balaban J connectivity index is 1.51. The van der Waals surface area contributed by atoms with E-state index in [-0.39, 0.29) is 0 Å². The molecule has 108 valence electrons. The highest BCUT2D eigenvalue weighted by Gasteiger charge is 2.27. The zero-order valence-electron chi connectivity index (χ0n) is 12.3. The van der Waals surface area contributed by atoms with Crippen LogP contribution in [-0.4, -0.2) is 30.2 Å². The van der Waals surface area contributed by atoms with Crippen molar-refractivity contribution in [1.29, 1.82) is 0 Å². The number of nitrogens with one attached hydrogen (secondary N) is 1. The first-order valence-electron chi connectivity index (χ1n) is 8.39. The van der Waals surface area contributed by atoms with Crippen molar-refractivity contribution in [3.8, 4) is 0 Å². The highest BCUT2D eigenvalue weighted by Crippen LogP contribution is 2.28. The summed E-state index contributed by atoms with van der Waals surface area (Å²) >= 11 is 0. The smallest absolute Gasteiger partial charge is 0.129 e. The molecule has 0 bridgehead atoms. The van der Waals surface area contributed by atoms with E-state index in [1.807, 2.05) is 0 Å². The predicted octanol–water partition coefficient (Wildman–Crippen LogP) is 2.68. The van der Waals surface area contributed by atoms with E-state index in [4.69, 9.17) is 4.98 Å². The van der Waals surface area contributed by atoms with Crippen molar-refractivity contribution in [3.05, 3.63) is 23.4 Å². The van der Waals surface area contributed by atoms with Gasteiger partial charge >= 0.3 is 0 Å². The quantitative estimate of drug-likeness (QED) is 0.912. The Morgan fingerprint density at radius 3 is 2.95 bits per heavy atom. The highest BCUT2D eigenvalue weighted by atomic mass is 15.2. The molecule has 4 rings (SSSR count). The molecule has 3 heteroatoms. The number of rotatable bonds is 4. The third kappa shape index (κ3) is 2.56.